The molecule has 0 nitrogen and oxygen atoms in total. The van der Waals surface area contributed by atoms with Gasteiger partial charge in [-0.05, 0) is 13.8 Å². The van der Waals surface area contributed by atoms with Gasteiger partial charge in [-0.15, -0.1) is 0 Å². The van der Waals surface area contributed by atoms with Crippen LogP contribution in [0, 0.1) is 0 Å². The number of rotatable bonds is 1. The SMILES string of the molecule is CC=C(C)C=CC(F)(F)F. The highest BCUT2D eigenvalue weighted by atomic mass is 19.4. The van der Waals surface area contributed by atoms with Crippen LogP contribution in [0.2, 0.25) is 0 Å². The zero-order valence-corrected chi connectivity index (χ0v) is 5.87. The minimum atomic E-state index is -4.19. The van der Waals surface area contributed by atoms with Crippen molar-refractivity contribution in [2.45, 2.75) is 20.0 Å². The molecule has 0 amide bonds. The normalized spacial score (nSPS) is 14.7. The highest BCUT2D eigenvalue weighted by molar-refractivity contribution is 5.15. The van der Waals surface area contributed by atoms with E-state index < -0.39 is 6.18 Å². The second-order valence-electron chi connectivity index (χ2n) is 1.91. The predicted molar refractivity (Wildman–Crippen MR) is 34.6 cm³/mol. The molecule has 0 aliphatic rings. The Morgan fingerprint density at radius 3 is 2.10 bits per heavy atom. The Balaban J connectivity index is 4.01. The highest BCUT2D eigenvalue weighted by Gasteiger charge is 2.21. The van der Waals surface area contributed by atoms with E-state index in [9.17, 15) is 13.2 Å². The maximum atomic E-state index is 11.4. The molecule has 0 atom stereocenters. The standard InChI is InChI=1S/C7H9F3/c1-3-6(2)4-5-7(8,9)10/h3-5H,1-2H3. The lowest BCUT2D eigenvalue weighted by Gasteiger charge is -1.96. The van der Waals surface area contributed by atoms with Gasteiger partial charge < -0.3 is 0 Å². The van der Waals surface area contributed by atoms with Crippen molar-refractivity contribution in [2.75, 3.05) is 0 Å². The van der Waals surface area contributed by atoms with Crippen LogP contribution in [-0.4, -0.2) is 6.18 Å². The van der Waals surface area contributed by atoms with Crippen molar-refractivity contribution >= 4 is 0 Å². The zero-order valence-electron chi connectivity index (χ0n) is 5.87. The lowest BCUT2D eigenvalue weighted by Crippen LogP contribution is -2.00. The van der Waals surface area contributed by atoms with Gasteiger partial charge in [-0.3, -0.25) is 0 Å². The molecule has 3 heteroatoms. The average Bonchev–Trinajstić information content (AvgIpc) is 1.81. The van der Waals surface area contributed by atoms with Crippen LogP contribution in [0.5, 0.6) is 0 Å². The fraction of sp³-hybridized carbons (Fsp3) is 0.429. The van der Waals surface area contributed by atoms with E-state index in [1.165, 1.54) is 0 Å². The molecule has 0 aromatic rings. The molecule has 10 heavy (non-hydrogen) atoms. The molecule has 0 spiro atoms. The summed E-state index contributed by atoms with van der Waals surface area (Å²) in [6, 6.07) is 0. The zero-order chi connectivity index (χ0) is 8.20. The summed E-state index contributed by atoms with van der Waals surface area (Å²) in [7, 11) is 0. The van der Waals surface area contributed by atoms with Gasteiger partial charge in [-0.2, -0.15) is 13.2 Å². The molecule has 0 aliphatic heterocycles. The van der Waals surface area contributed by atoms with E-state index in [1.54, 1.807) is 19.9 Å². The number of hydrogen-bond acceptors (Lipinski definition) is 0. The van der Waals surface area contributed by atoms with Crippen LogP contribution in [0.15, 0.2) is 23.8 Å². The third-order valence-electron chi connectivity index (χ3n) is 0.991. The van der Waals surface area contributed by atoms with E-state index >= 15 is 0 Å². The van der Waals surface area contributed by atoms with E-state index in [0.29, 0.717) is 5.57 Å². The molecule has 0 saturated carbocycles. The maximum Gasteiger partial charge on any atom is 0.409 e. The highest BCUT2D eigenvalue weighted by Crippen LogP contribution is 2.16. The fourth-order valence-electron chi connectivity index (χ4n) is 0.322. The van der Waals surface area contributed by atoms with Crippen molar-refractivity contribution in [3.05, 3.63) is 23.8 Å². The predicted octanol–water partition coefficient (Wildman–Crippen LogP) is 3.07. The van der Waals surface area contributed by atoms with Gasteiger partial charge in [0.15, 0.2) is 0 Å². The Morgan fingerprint density at radius 2 is 1.80 bits per heavy atom. The summed E-state index contributed by atoms with van der Waals surface area (Å²) >= 11 is 0. The number of hydrogen-bond donors (Lipinski definition) is 0. The molecule has 0 N–H and O–H groups in total. The van der Waals surface area contributed by atoms with Crippen LogP contribution in [0.1, 0.15) is 13.8 Å². The smallest absolute Gasteiger partial charge is 0.167 e. The monoisotopic (exact) mass is 150 g/mol. The molecule has 0 unspecified atom stereocenters. The fourth-order valence-corrected chi connectivity index (χ4v) is 0.322. The molecule has 0 bridgehead atoms. The Hall–Kier alpha value is -0.730. The van der Waals surface area contributed by atoms with Crippen molar-refractivity contribution in [1.29, 1.82) is 0 Å². The summed E-state index contributed by atoms with van der Waals surface area (Å²) in [6.45, 7) is 3.30. The first kappa shape index (κ1) is 9.27. The van der Waals surface area contributed by atoms with Crippen molar-refractivity contribution in [1.82, 2.24) is 0 Å². The molecule has 0 fully saturated rings. The minimum absolute atomic E-state index is 0.225. The van der Waals surface area contributed by atoms with Gasteiger partial charge in [0.05, 0.1) is 0 Å². The van der Waals surface area contributed by atoms with E-state index in [1.807, 2.05) is 0 Å². The van der Waals surface area contributed by atoms with E-state index in [-0.39, 0.29) is 6.08 Å². The van der Waals surface area contributed by atoms with Crippen molar-refractivity contribution in [3.8, 4) is 0 Å². The summed E-state index contributed by atoms with van der Waals surface area (Å²) in [6.07, 6.45) is -1.31. The van der Waals surface area contributed by atoms with Crippen LogP contribution in [0.25, 0.3) is 0 Å². The first-order valence-corrected chi connectivity index (χ1v) is 2.84. The van der Waals surface area contributed by atoms with Crippen molar-refractivity contribution < 1.29 is 13.2 Å². The van der Waals surface area contributed by atoms with Gasteiger partial charge in [0.2, 0.25) is 0 Å². The maximum absolute atomic E-state index is 11.4. The lowest BCUT2D eigenvalue weighted by molar-refractivity contribution is -0.0798. The number of allylic oxidation sites excluding steroid dienone is 4. The molecule has 0 aromatic heterocycles. The molecule has 0 heterocycles. The molecular formula is C7H9F3. The van der Waals surface area contributed by atoms with Crippen LogP contribution < -0.4 is 0 Å². The molecule has 0 aromatic carbocycles. The summed E-state index contributed by atoms with van der Waals surface area (Å²) in [4.78, 5) is 0. The van der Waals surface area contributed by atoms with Gasteiger partial charge in [-0.1, -0.05) is 17.7 Å². The van der Waals surface area contributed by atoms with E-state index in [4.69, 9.17) is 0 Å². The van der Waals surface area contributed by atoms with Gasteiger partial charge in [-0.25, -0.2) is 0 Å². The first-order valence-electron chi connectivity index (χ1n) is 2.84. The molecule has 58 valence electrons. The molecule has 0 rings (SSSR count). The Bertz CT molecular complexity index is 151. The summed E-state index contributed by atoms with van der Waals surface area (Å²) < 4.78 is 34.3. The quantitative estimate of drug-likeness (QED) is 0.504. The number of halogens is 3. The van der Waals surface area contributed by atoms with Gasteiger partial charge in [0.1, 0.15) is 0 Å². The lowest BCUT2D eigenvalue weighted by atomic mass is 10.3. The van der Waals surface area contributed by atoms with E-state index in [0.717, 1.165) is 6.08 Å². The van der Waals surface area contributed by atoms with Crippen LogP contribution >= 0.6 is 0 Å². The summed E-state index contributed by atoms with van der Waals surface area (Å²) in [5, 5.41) is 0. The van der Waals surface area contributed by atoms with Crippen LogP contribution in [0.3, 0.4) is 0 Å². The van der Waals surface area contributed by atoms with Gasteiger partial charge >= 0.3 is 6.18 Å². The van der Waals surface area contributed by atoms with Gasteiger partial charge in [0, 0.05) is 6.08 Å². The first-order chi connectivity index (χ1) is 4.45. The second kappa shape index (κ2) is 3.44. The Morgan fingerprint density at radius 1 is 1.30 bits per heavy atom. The molecule has 0 saturated heterocycles. The average molecular weight is 150 g/mol. The van der Waals surface area contributed by atoms with E-state index in [2.05, 4.69) is 0 Å². The Kier molecular flexibility index (Phi) is 3.19. The molecular weight excluding hydrogens is 141 g/mol. The summed E-state index contributed by atoms with van der Waals surface area (Å²) in [5.74, 6) is 0. The topological polar surface area (TPSA) is 0 Å². The third-order valence-corrected chi connectivity index (χ3v) is 0.991. The minimum Gasteiger partial charge on any atom is -0.167 e. The second-order valence-corrected chi connectivity index (χ2v) is 1.91. The largest absolute Gasteiger partial charge is 0.409 e. The summed E-state index contributed by atoms with van der Waals surface area (Å²) in [5.41, 5.74) is 0.609. The van der Waals surface area contributed by atoms with Crippen molar-refractivity contribution in [2.24, 2.45) is 0 Å². The Labute approximate surface area is 58.0 Å². The number of alkyl halides is 3. The van der Waals surface area contributed by atoms with Crippen LogP contribution in [-0.2, 0) is 0 Å². The molecule has 0 radical (unpaired) electrons. The van der Waals surface area contributed by atoms with Crippen LogP contribution in [0.4, 0.5) is 13.2 Å². The van der Waals surface area contributed by atoms with Gasteiger partial charge in [0.25, 0.3) is 0 Å². The third kappa shape index (κ3) is 5.41. The molecule has 0 aliphatic carbocycles. The van der Waals surface area contributed by atoms with Crippen molar-refractivity contribution in [3.63, 3.8) is 0 Å².